The van der Waals surface area contributed by atoms with Crippen LogP contribution in [0.3, 0.4) is 0 Å². The zero-order valence-electron chi connectivity index (χ0n) is 18.7. The third-order valence-electron chi connectivity index (χ3n) is 5.13. The van der Waals surface area contributed by atoms with Crippen LogP contribution >= 0.6 is 0 Å². The maximum Gasteiger partial charge on any atom is 0.338 e. The molecular weight excluding hydrogens is 456 g/mol. The molecule has 1 aliphatic heterocycles. The molecule has 0 radical (unpaired) electrons. The lowest BCUT2D eigenvalue weighted by molar-refractivity contribution is 0.0526. The van der Waals surface area contributed by atoms with Gasteiger partial charge in [-0.1, -0.05) is 0 Å². The molecule has 0 atom stereocenters. The third-order valence-corrected chi connectivity index (χ3v) is 6.53. The van der Waals surface area contributed by atoms with Crippen molar-refractivity contribution < 1.29 is 17.9 Å². The smallest absolute Gasteiger partial charge is 0.338 e. The molecule has 0 saturated carbocycles. The van der Waals surface area contributed by atoms with Crippen molar-refractivity contribution in [2.75, 3.05) is 47.7 Å². The summed E-state index contributed by atoms with van der Waals surface area (Å²) >= 11 is 0. The molecule has 2 heterocycles. The summed E-state index contributed by atoms with van der Waals surface area (Å²) in [6.45, 7) is 5.45. The number of ether oxygens (including phenoxy) is 1. The van der Waals surface area contributed by atoms with E-state index in [1.54, 1.807) is 43.5 Å². The largest absolute Gasteiger partial charge is 0.462 e. The van der Waals surface area contributed by atoms with Gasteiger partial charge in [0.1, 0.15) is 5.82 Å². The zero-order valence-corrected chi connectivity index (χ0v) is 19.5. The highest BCUT2D eigenvalue weighted by atomic mass is 32.2. The van der Waals surface area contributed by atoms with Crippen LogP contribution in [0, 0.1) is 0 Å². The minimum atomic E-state index is -3.81. The van der Waals surface area contributed by atoms with Crippen LogP contribution in [0.25, 0.3) is 0 Å². The Balaban J connectivity index is 1.40. The van der Waals surface area contributed by atoms with Gasteiger partial charge in [0.25, 0.3) is 10.0 Å². The van der Waals surface area contributed by atoms with Gasteiger partial charge in [0.2, 0.25) is 5.95 Å². The number of nitrogens with zero attached hydrogens (tertiary/aromatic N) is 3. The minimum Gasteiger partial charge on any atom is -0.462 e. The lowest BCUT2D eigenvalue weighted by Gasteiger charge is -2.27. The number of nitrogens with one attached hydrogen (secondary N) is 3. The first-order valence-corrected chi connectivity index (χ1v) is 12.4. The predicted octanol–water partition coefficient (Wildman–Crippen LogP) is 2.61. The zero-order chi connectivity index (χ0) is 24.0. The Kier molecular flexibility index (Phi) is 7.24. The highest BCUT2D eigenvalue weighted by Crippen LogP contribution is 2.22. The van der Waals surface area contributed by atoms with Gasteiger partial charge < -0.3 is 20.3 Å². The molecule has 0 aliphatic carbocycles. The van der Waals surface area contributed by atoms with Crippen LogP contribution in [0.1, 0.15) is 17.3 Å². The predicted molar refractivity (Wildman–Crippen MR) is 130 cm³/mol. The first-order valence-electron chi connectivity index (χ1n) is 10.9. The first kappa shape index (κ1) is 23.5. The van der Waals surface area contributed by atoms with Crippen molar-refractivity contribution in [3.8, 4) is 0 Å². The Morgan fingerprint density at radius 1 is 1.03 bits per heavy atom. The van der Waals surface area contributed by atoms with Crippen LogP contribution in [0.5, 0.6) is 0 Å². The number of sulfonamides is 1. The van der Waals surface area contributed by atoms with E-state index in [0.717, 1.165) is 31.9 Å². The molecule has 1 aromatic heterocycles. The van der Waals surface area contributed by atoms with Crippen LogP contribution in [-0.2, 0) is 14.8 Å². The number of carbonyl (C=O) groups excluding carboxylic acids is 1. The SMILES string of the molecule is CCOC(=O)c1ccc(S(=O)(=O)Nc2ccc(Nc3ccnc(N4CCNCC4)n3)cc2)cc1. The summed E-state index contributed by atoms with van der Waals surface area (Å²) in [7, 11) is -3.81. The highest BCUT2D eigenvalue weighted by molar-refractivity contribution is 7.92. The van der Waals surface area contributed by atoms with Crippen molar-refractivity contribution in [3.05, 3.63) is 66.4 Å². The minimum absolute atomic E-state index is 0.0455. The molecule has 178 valence electrons. The van der Waals surface area contributed by atoms with E-state index in [2.05, 4.69) is 30.2 Å². The number of piperazine rings is 1. The maximum atomic E-state index is 12.7. The van der Waals surface area contributed by atoms with Crippen molar-refractivity contribution >= 4 is 39.1 Å². The Bertz CT molecular complexity index is 1230. The molecule has 34 heavy (non-hydrogen) atoms. The number of carbonyl (C=O) groups is 1. The van der Waals surface area contributed by atoms with Crippen molar-refractivity contribution in [3.63, 3.8) is 0 Å². The van der Waals surface area contributed by atoms with Crippen LogP contribution in [0.15, 0.2) is 65.7 Å². The number of anilines is 4. The summed E-state index contributed by atoms with van der Waals surface area (Å²) < 4.78 is 32.9. The molecule has 4 rings (SSSR count). The van der Waals surface area contributed by atoms with Gasteiger partial charge in [-0.05, 0) is 61.5 Å². The van der Waals surface area contributed by atoms with E-state index < -0.39 is 16.0 Å². The molecule has 10 nitrogen and oxygen atoms in total. The number of rotatable bonds is 8. The van der Waals surface area contributed by atoms with Gasteiger partial charge in [0.15, 0.2) is 0 Å². The average Bonchev–Trinajstić information content (AvgIpc) is 2.86. The van der Waals surface area contributed by atoms with Crippen molar-refractivity contribution in [2.24, 2.45) is 0 Å². The summed E-state index contributed by atoms with van der Waals surface area (Å²) in [6.07, 6.45) is 1.71. The monoisotopic (exact) mass is 482 g/mol. The van der Waals surface area contributed by atoms with Gasteiger partial charge in [-0.2, -0.15) is 4.98 Å². The molecule has 11 heteroatoms. The molecule has 2 aromatic carbocycles. The summed E-state index contributed by atoms with van der Waals surface area (Å²) in [5, 5.41) is 6.52. The second-order valence-electron chi connectivity index (χ2n) is 7.53. The molecule has 3 N–H and O–H groups in total. The van der Waals surface area contributed by atoms with Gasteiger partial charge in [-0.15, -0.1) is 0 Å². The van der Waals surface area contributed by atoms with Gasteiger partial charge in [-0.3, -0.25) is 4.72 Å². The van der Waals surface area contributed by atoms with Gasteiger partial charge >= 0.3 is 5.97 Å². The van der Waals surface area contributed by atoms with E-state index in [4.69, 9.17) is 4.74 Å². The van der Waals surface area contributed by atoms with Crippen molar-refractivity contribution in [1.82, 2.24) is 15.3 Å². The summed E-state index contributed by atoms with van der Waals surface area (Å²) in [5.74, 6) is 0.828. The lowest BCUT2D eigenvalue weighted by atomic mass is 10.2. The Hall–Kier alpha value is -3.70. The molecule has 1 saturated heterocycles. The van der Waals surface area contributed by atoms with Crippen LogP contribution in [-0.4, -0.2) is 57.1 Å². The molecule has 0 amide bonds. The number of aromatic nitrogens is 2. The van der Waals surface area contributed by atoms with E-state index in [-0.39, 0.29) is 11.5 Å². The highest BCUT2D eigenvalue weighted by Gasteiger charge is 2.16. The van der Waals surface area contributed by atoms with E-state index >= 15 is 0 Å². The number of hydrogen-bond acceptors (Lipinski definition) is 9. The lowest BCUT2D eigenvalue weighted by Crippen LogP contribution is -2.44. The second kappa shape index (κ2) is 10.5. The second-order valence-corrected chi connectivity index (χ2v) is 9.21. The average molecular weight is 483 g/mol. The fourth-order valence-corrected chi connectivity index (χ4v) is 4.46. The molecule has 3 aromatic rings. The molecule has 0 bridgehead atoms. The Labute approximate surface area is 198 Å². The van der Waals surface area contributed by atoms with Crippen molar-refractivity contribution in [1.29, 1.82) is 0 Å². The van der Waals surface area contributed by atoms with E-state index in [9.17, 15) is 13.2 Å². The van der Waals surface area contributed by atoms with Crippen molar-refractivity contribution in [2.45, 2.75) is 11.8 Å². The molecular formula is C23H26N6O4S. The fourth-order valence-electron chi connectivity index (χ4n) is 3.40. The van der Waals surface area contributed by atoms with E-state index in [0.29, 0.717) is 23.0 Å². The number of esters is 1. The number of hydrogen-bond donors (Lipinski definition) is 3. The summed E-state index contributed by atoms with van der Waals surface area (Å²) in [5.41, 5.74) is 1.46. The molecule has 0 unspecified atom stereocenters. The number of benzene rings is 2. The molecule has 1 aliphatic rings. The van der Waals surface area contributed by atoms with Gasteiger partial charge in [-0.25, -0.2) is 18.2 Å². The van der Waals surface area contributed by atoms with Crippen LogP contribution in [0.2, 0.25) is 0 Å². The molecule has 1 fully saturated rings. The summed E-state index contributed by atoms with van der Waals surface area (Å²) in [4.78, 5) is 22.9. The molecule has 0 spiro atoms. The van der Waals surface area contributed by atoms with Crippen LogP contribution < -0.4 is 20.3 Å². The quantitative estimate of drug-likeness (QED) is 0.415. The summed E-state index contributed by atoms with van der Waals surface area (Å²) in [6, 6.07) is 14.2. The third kappa shape index (κ3) is 5.80. The fraction of sp³-hybridized carbons (Fsp3) is 0.261. The van der Waals surface area contributed by atoms with E-state index in [1.165, 1.54) is 24.3 Å². The normalized spacial score (nSPS) is 13.9. The standard InChI is InChI=1S/C23H26N6O4S/c1-2-33-22(30)17-3-9-20(10-4-17)34(31,32)28-19-7-5-18(6-8-19)26-21-11-12-25-23(27-21)29-15-13-24-14-16-29/h3-12,24,28H,2,13-16H2,1H3,(H,25,26,27). The first-order chi connectivity index (χ1) is 16.4. The van der Waals surface area contributed by atoms with Gasteiger partial charge in [0, 0.05) is 43.8 Å². The van der Waals surface area contributed by atoms with Crippen LogP contribution in [0.4, 0.5) is 23.1 Å². The Morgan fingerprint density at radius 2 is 1.71 bits per heavy atom. The van der Waals surface area contributed by atoms with E-state index in [1.807, 2.05) is 0 Å². The van der Waals surface area contributed by atoms with Gasteiger partial charge in [0.05, 0.1) is 17.1 Å². The topological polar surface area (TPSA) is 126 Å². The Morgan fingerprint density at radius 3 is 2.38 bits per heavy atom. The maximum absolute atomic E-state index is 12.7.